The van der Waals surface area contributed by atoms with Gasteiger partial charge in [-0.3, -0.25) is 0 Å². The highest BCUT2D eigenvalue weighted by Gasteiger charge is 2.24. The number of hydrogen-bond donors (Lipinski definition) is 2. The van der Waals surface area contributed by atoms with Gasteiger partial charge >= 0.3 is 0 Å². The van der Waals surface area contributed by atoms with E-state index in [2.05, 4.69) is 30.3 Å². The van der Waals surface area contributed by atoms with E-state index >= 15 is 0 Å². The Bertz CT molecular complexity index is 635. The lowest BCUT2D eigenvalue weighted by Gasteiger charge is -2.30. The van der Waals surface area contributed by atoms with E-state index in [1.54, 1.807) is 0 Å². The summed E-state index contributed by atoms with van der Waals surface area (Å²) >= 11 is 0. The highest BCUT2D eigenvalue weighted by atomic mass is 16.5. The highest BCUT2D eigenvalue weighted by Crippen LogP contribution is 2.16. The molecule has 0 aromatic heterocycles. The Morgan fingerprint density at radius 1 is 1.08 bits per heavy atom. The van der Waals surface area contributed by atoms with E-state index in [-0.39, 0.29) is 0 Å². The van der Waals surface area contributed by atoms with Gasteiger partial charge in [-0.2, -0.15) is 0 Å². The number of likely N-dealkylation sites (tertiary alicyclic amines) is 1. The summed E-state index contributed by atoms with van der Waals surface area (Å²) in [4.78, 5) is 1.50. The average molecular weight is 340 g/mol. The van der Waals surface area contributed by atoms with Crippen LogP contribution < -0.4 is 9.64 Å². The van der Waals surface area contributed by atoms with Gasteiger partial charge in [-0.1, -0.05) is 42.5 Å². The molecule has 0 bridgehead atoms. The summed E-state index contributed by atoms with van der Waals surface area (Å²) in [7, 11) is 0. The molecule has 1 saturated heterocycles. The molecule has 0 unspecified atom stereocenters. The Labute approximate surface area is 151 Å². The minimum atomic E-state index is -0.402. The van der Waals surface area contributed by atoms with Crippen LogP contribution in [0, 0.1) is 12.8 Å². The second-order valence-electron chi connectivity index (χ2n) is 7.37. The monoisotopic (exact) mass is 340 g/mol. The third-order valence-corrected chi connectivity index (χ3v) is 5.14. The molecule has 0 spiro atoms. The quantitative estimate of drug-likeness (QED) is 0.811. The van der Waals surface area contributed by atoms with Gasteiger partial charge in [0.25, 0.3) is 0 Å². The molecule has 1 aliphatic rings. The van der Waals surface area contributed by atoms with Crippen molar-refractivity contribution in [1.82, 2.24) is 0 Å². The van der Waals surface area contributed by atoms with Gasteiger partial charge in [0.05, 0.1) is 13.1 Å². The number of rotatable bonds is 7. The minimum absolute atomic E-state index is 0.375. The largest absolute Gasteiger partial charge is 0.491 e. The fourth-order valence-corrected chi connectivity index (χ4v) is 3.73. The maximum absolute atomic E-state index is 10.3. The summed E-state index contributed by atoms with van der Waals surface area (Å²) in [6.45, 7) is 5.51. The van der Waals surface area contributed by atoms with Gasteiger partial charge in [0.1, 0.15) is 25.0 Å². The van der Waals surface area contributed by atoms with Crippen molar-refractivity contribution in [3.63, 3.8) is 0 Å². The van der Waals surface area contributed by atoms with Crippen LogP contribution >= 0.6 is 0 Å². The SMILES string of the molecule is Cc1cccc(OC[C@H](O)C[NH+]2CCC(Cc3ccccc3)CC2)c1. The zero-order valence-corrected chi connectivity index (χ0v) is 15.2. The molecule has 3 heteroatoms. The number of aryl methyl sites for hydroxylation is 1. The second-order valence-corrected chi connectivity index (χ2v) is 7.37. The molecule has 25 heavy (non-hydrogen) atoms. The standard InChI is InChI=1S/C22H29NO2/c1-18-6-5-9-22(14-18)25-17-21(24)16-23-12-10-20(11-13-23)15-19-7-3-2-4-8-19/h2-9,14,20-21,24H,10-13,15-17H2,1H3/p+1/t21-/m1/s1. The topological polar surface area (TPSA) is 33.9 Å². The number of piperidine rings is 1. The number of aliphatic hydroxyl groups excluding tert-OH is 1. The summed E-state index contributed by atoms with van der Waals surface area (Å²) in [5.74, 6) is 1.63. The lowest BCUT2D eigenvalue weighted by atomic mass is 9.90. The number of nitrogens with one attached hydrogen (secondary N) is 1. The summed E-state index contributed by atoms with van der Waals surface area (Å²) in [6.07, 6.45) is 3.28. The predicted octanol–water partition coefficient (Wildman–Crippen LogP) is 2.27. The Morgan fingerprint density at radius 3 is 2.56 bits per heavy atom. The third-order valence-electron chi connectivity index (χ3n) is 5.14. The van der Waals surface area contributed by atoms with E-state index in [1.165, 1.54) is 35.3 Å². The molecule has 2 aromatic rings. The first kappa shape index (κ1) is 18.0. The minimum Gasteiger partial charge on any atom is -0.491 e. The number of benzene rings is 2. The fraction of sp³-hybridized carbons (Fsp3) is 0.455. The highest BCUT2D eigenvalue weighted by molar-refractivity contribution is 5.27. The Hall–Kier alpha value is -1.84. The van der Waals surface area contributed by atoms with Crippen LogP contribution in [0.4, 0.5) is 0 Å². The molecule has 0 amide bonds. The Morgan fingerprint density at radius 2 is 1.84 bits per heavy atom. The van der Waals surface area contributed by atoms with Gasteiger partial charge in [0.2, 0.25) is 0 Å². The molecule has 1 heterocycles. The van der Waals surface area contributed by atoms with Crippen LogP contribution in [-0.4, -0.2) is 37.5 Å². The normalized spacial score (nSPS) is 21.7. The molecule has 0 radical (unpaired) electrons. The molecule has 0 saturated carbocycles. The van der Waals surface area contributed by atoms with Crippen LogP contribution in [0.2, 0.25) is 0 Å². The molecule has 2 aromatic carbocycles. The van der Waals surface area contributed by atoms with Crippen molar-refractivity contribution in [3.05, 3.63) is 65.7 Å². The lowest BCUT2D eigenvalue weighted by molar-refractivity contribution is -0.909. The molecular weight excluding hydrogens is 310 g/mol. The van der Waals surface area contributed by atoms with E-state index in [1.807, 2.05) is 31.2 Å². The van der Waals surface area contributed by atoms with Gasteiger partial charge in [-0.05, 0) is 55.4 Å². The van der Waals surface area contributed by atoms with Crippen molar-refractivity contribution in [2.75, 3.05) is 26.2 Å². The maximum Gasteiger partial charge on any atom is 0.137 e. The van der Waals surface area contributed by atoms with Gasteiger partial charge in [-0.15, -0.1) is 0 Å². The number of quaternary nitrogens is 1. The summed E-state index contributed by atoms with van der Waals surface area (Å²) in [5.41, 5.74) is 2.63. The van der Waals surface area contributed by atoms with E-state index in [0.29, 0.717) is 6.61 Å². The zero-order chi connectivity index (χ0) is 17.5. The average Bonchev–Trinajstić information content (AvgIpc) is 2.63. The molecule has 0 aliphatic carbocycles. The summed E-state index contributed by atoms with van der Waals surface area (Å²) < 4.78 is 5.73. The van der Waals surface area contributed by atoms with Crippen molar-refractivity contribution >= 4 is 0 Å². The lowest BCUT2D eigenvalue weighted by Crippen LogP contribution is -3.14. The summed E-state index contributed by atoms with van der Waals surface area (Å²) in [6, 6.07) is 18.8. The van der Waals surface area contributed by atoms with E-state index in [9.17, 15) is 5.11 Å². The van der Waals surface area contributed by atoms with Crippen LogP contribution in [0.15, 0.2) is 54.6 Å². The zero-order valence-electron chi connectivity index (χ0n) is 15.2. The molecule has 3 nitrogen and oxygen atoms in total. The van der Waals surface area contributed by atoms with E-state index < -0.39 is 6.10 Å². The van der Waals surface area contributed by atoms with Gasteiger partial charge in [0, 0.05) is 0 Å². The Kier molecular flexibility index (Phi) is 6.48. The first-order valence-corrected chi connectivity index (χ1v) is 9.44. The molecule has 134 valence electrons. The van der Waals surface area contributed by atoms with Crippen LogP contribution in [0.1, 0.15) is 24.0 Å². The molecule has 2 N–H and O–H groups in total. The number of ether oxygens (including phenoxy) is 1. The van der Waals surface area contributed by atoms with Gasteiger partial charge < -0.3 is 14.7 Å². The molecule has 1 aliphatic heterocycles. The van der Waals surface area contributed by atoms with Crippen molar-refractivity contribution in [2.45, 2.75) is 32.3 Å². The van der Waals surface area contributed by atoms with Gasteiger partial charge in [-0.25, -0.2) is 0 Å². The Balaban J connectivity index is 1.37. The van der Waals surface area contributed by atoms with Crippen LogP contribution in [-0.2, 0) is 6.42 Å². The molecule has 1 fully saturated rings. The number of aliphatic hydroxyl groups is 1. The molecule has 3 rings (SSSR count). The van der Waals surface area contributed by atoms with Crippen molar-refractivity contribution in [1.29, 1.82) is 0 Å². The third kappa shape index (κ3) is 5.87. The fourth-order valence-electron chi connectivity index (χ4n) is 3.73. The van der Waals surface area contributed by atoms with Gasteiger partial charge in [0.15, 0.2) is 0 Å². The van der Waals surface area contributed by atoms with E-state index in [4.69, 9.17) is 4.74 Å². The van der Waals surface area contributed by atoms with Crippen molar-refractivity contribution < 1.29 is 14.7 Å². The van der Waals surface area contributed by atoms with Crippen molar-refractivity contribution in [3.8, 4) is 5.75 Å². The second kappa shape index (κ2) is 9.02. The summed E-state index contributed by atoms with van der Waals surface area (Å²) in [5, 5.41) is 10.3. The first-order chi connectivity index (χ1) is 12.2. The van der Waals surface area contributed by atoms with Crippen LogP contribution in [0.5, 0.6) is 5.75 Å². The number of hydrogen-bond acceptors (Lipinski definition) is 2. The maximum atomic E-state index is 10.3. The smallest absolute Gasteiger partial charge is 0.137 e. The molecule has 1 atom stereocenters. The first-order valence-electron chi connectivity index (χ1n) is 9.44. The van der Waals surface area contributed by atoms with Crippen LogP contribution in [0.25, 0.3) is 0 Å². The van der Waals surface area contributed by atoms with E-state index in [0.717, 1.165) is 31.3 Å². The van der Waals surface area contributed by atoms with Crippen LogP contribution in [0.3, 0.4) is 0 Å². The predicted molar refractivity (Wildman–Crippen MR) is 101 cm³/mol. The van der Waals surface area contributed by atoms with Crippen molar-refractivity contribution in [2.24, 2.45) is 5.92 Å². The molecular formula is C22H30NO2+.